The maximum atomic E-state index is 10.4. The fourth-order valence-corrected chi connectivity index (χ4v) is 1.43. The highest BCUT2D eigenvalue weighted by Gasteiger charge is 2.10. The van der Waals surface area contributed by atoms with Crippen LogP contribution in [0.2, 0.25) is 0 Å². The number of hydrogen-bond acceptors (Lipinski definition) is 7. The normalized spacial score (nSPS) is 10.9. The van der Waals surface area contributed by atoms with E-state index in [1.54, 1.807) is 0 Å². The molecule has 0 rings (SSSR count). The van der Waals surface area contributed by atoms with Crippen LogP contribution in [-0.4, -0.2) is 51.0 Å². The molecule has 0 fully saturated rings. The van der Waals surface area contributed by atoms with Gasteiger partial charge in [0.25, 0.3) is 0 Å². The van der Waals surface area contributed by atoms with Crippen LogP contribution in [-0.2, 0) is 24.0 Å². The summed E-state index contributed by atoms with van der Waals surface area (Å²) in [5.74, 6) is -5.52. The molecule has 1 unspecified atom stereocenters. The van der Waals surface area contributed by atoms with Gasteiger partial charge in [-0.1, -0.05) is 6.42 Å². The van der Waals surface area contributed by atoms with Crippen LogP contribution in [0.4, 0.5) is 0 Å². The van der Waals surface area contributed by atoms with Gasteiger partial charge in [-0.15, -0.1) is 0 Å². The number of carboxylic acids is 4. The van der Waals surface area contributed by atoms with Gasteiger partial charge >= 0.3 is 17.9 Å². The number of unbranched alkanes of at least 4 members (excludes halogenated alkanes) is 2. The highest BCUT2D eigenvalue weighted by molar-refractivity contribution is 6.31. The van der Waals surface area contributed by atoms with Crippen molar-refractivity contribution in [2.75, 3.05) is 0 Å². The van der Waals surface area contributed by atoms with Crippen molar-refractivity contribution in [3.63, 3.8) is 0 Å². The van der Waals surface area contributed by atoms with Crippen LogP contribution in [0.5, 0.6) is 0 Å². The lowest BCUT2D eigenvalue weighted by molar-refractivity contribution is -0.300. The Hall–Kier alpha value is -2.49. The second kappa shape index (κ2) is 14.1. The molecule has 0 radical (unpaired) electrons. The molecule has 0 spiro atoms. The van der Waals surface area contributed by atoms with Crippen LogP contribution < -0.4 is 10.8 Å². The van der Waals surface area contributed by atoms with E-state index in [0.29, 0.717) is 25.7 Å². The van der Waals surface area contributed by atoms with Crippen LogP contribution in [0.15, 0.2) is 0 Å². The van der Waals surface area contributed by atoms with Crippen molar-refractivity contribution in [1.82, 2.24) is 0 Å². The highest BCUT2D eigenvalue weighted by Crippen LogP contribution is 2.02. The molecule has 0 saturated carbocycles. The lowest BCUT2D eigenvalue weighted by Crippen LogP contribution is -2.31. The lowest BCUT2D eigenvalue weighted by atomic mass is 10.1. The van der Waals surface area contributed by atoms with Crippen molar-refractivity contribution in [3.05, 3.63) is 0 Å². The minimum Gasteiger partial charge on any atom is -0.542 e. The average molecular weight is 348 g/mol. The van der Waals surface area contributed by atoms with E-state index >= 15 is 0 Å². The molecule has 10 heteroatoms. The summed E-state index contributed by atoms with van der Waals surface area (Å²) in [5.41, 5.74) is 5.19. The highest BCUT2D eigenvalue weighted by atomic mass is 16.4. The molecule has 0 bridgehead atoms. The summed E-state index contributed by atoms with van der Waals surface area (Å²) in [4.78, 5) is 50.4. The molecule has 24 heavy (non-hydrogen) atoms. The van der Waals surface area contributed by atoms with E-state index in [0.717, 1.165) is 0 Å². The number of aliphatic carboxylic acids is 4. The largest absolute Gasteiger partial charge is 0.542 e. The van der Waals surface area contributed by atoms with Crippen molar-refractivity contribution in [1.29, 1.82) is 0 Å². The number of Topliss-reactive ketones (excluding diaryl/α,β-unsaturated/α-hetero) is 1. The summed E-state index contributed by atoms with van der Waals surface area (Å²) in [5, 5.41) is 34.6. The maximum absolute atomic E-state index is 10.4. The average Bonchev–Trinajstić information content (AvgIpc) is 2.47. The summed E-state index contributed by atoms with van der Waals surface area (Å²) in [7, 11) is 0. The molecule has 1 atom stereocenters. The summed E-state index contributed by atoms with van der Waals surface area (Å²) in [6.45, 7) is 0. The molecule has 138 valence electrons. The second-order valence-electron chi connectivity index (χ2n) is 4.90. The van der Waals surface area contributed by atoms with E-state index in [-0.39, 0.29) is 25.7 Å². The summed E-state index contributed by atoms with van der Waals surface area (Å²) >= 11 is 0. The number of nitrogens with two attached hydrogens (primary N) is 1. The molecule has 0 aliphatic rings. The van der Waals surface area contributed by atoms with Crippen molar-refractivity contribution < 1.29 is 44.4 Å². The molecule has 10 nitrogen and oxygen atoms in total. The van der Waals surface area contributed by atoms with Crippen LogP contribution in [0.1, 0.15) is 51.4 Å². The minimum atomic E-state index is -1.70. The predicted octanol–water partition coefficient (Wildman–Crippen LogP) is -1.01. The summed E-state index contributed by atoms with van der Waals surface area (Å²) in [6, 6.07) is -0.862. The Bertz CT molecular complexity index is 448. The topological polar surface area (TPSA) is 195 Å². The Morgan fingerprint density at radius 1 is 0.792 bits per heavy atom. The Kier molecular flexibility index (Phi) is 14.0. The maximum Gasteiger partial charge on any atom is 0.320 e. The van der Waals surface area contributed by atoms with Crippen molar-refractivity contribution >= 4 is 29.7 Å². The predicted molar refractivity (Wildman–Crippen MR) is 77.8 cm³/mol. The standard InChI is InChI=1S/C7H13NO4.C7H10O5/c2*8-5(7(11)12)3-1-2-4-6(9)10/h5H,1-4,8H2,(H,9,10)(H,11,12);1-4H2,(H,9,10)(H,11,12)/p-1. The van der Waals surface area contributed by atoms with Gasteiger partial charge in [-0.2, -0.15) is 0 Å². The molecule has 0 aromatic rings. The number of carbonyl (C=O) groups is 5. The van der Waals surface area contributed by atoms with Gasteiger partial charge in [0.05, 0.1) is 0 Å². The van der Waals surface area contributed by atoms with Gasteiger partial charge in [0.2, 0.25) is 0 Å². The number of carbonyl (C=O) groups excluding carboxylic acids is 2. The van der Waals surface area contributed by atoms with E-state index in [1.807, 2.05) is 0 Å². The fourth-order valence-electron chi connectivity index (χ4n) is 1.43. The Balaban J connectivity index is 0. The molecule has 0 amide bonds. The molecule has 0 aromatic heterocycles. The molecule has 0 aliphatic heterocycles. The first kappa shape index (κ1) is 23.8. The van der Waals surface area contributed by atoms with Gasteiger partial charge in [0.15, 0.2) is 5.78 Å². The third-order valence-corrected chi connectivity index (χ3v) is 2.75. The number of ketones is 1. The Morgan fingerprint density at radius 3 is 1.58 bits per heavy atom. The van der Waals surface area contributed by atoms with E-state index in [4.69, 9.17) is 21.1 Å². The SMILES string of the molecule is NC(CCCCC(=O)O)C(=O)O.O=C(O)CCCCC(=O)C(=O)[O-]. The van der Waals surface area contributed by atoms with Crippen LogP contribution in [0, 0.1) is 0 Å². The molecule has 0 aromatic carbocycles. The monoisotopic (exact) mass is 348 g/mol. The van der Waals surface area contributed by atoms with Gasteiger partial charge in [0.1, 0.15) is 12.0 Å². The van der Waals surface area contributed by atoms with E-state index in [9.17, 15) is 29.1 Å². The zero-order valence-electron chi connectivity index (χ0n) is 13.1. The minimum absolute atomic E-state index is 0.0413. The molecular weight excluding hydrogens is 326 g/mol. The lowest BCUT2D eigenvalue weighted by Gasteiger charge is -2.03. The molecule has 0 heterocycles. The quantitative estimate of drug-likeness (QED) is 0.250. The van der Waals surface area contributed by atoms with Crippen molar-refractivity contribution in [2.45, 2.75) is 57.4 Å². The molecule has 0 saturated heterocycles. The van der Waals surface area contributed by atoms with Crippen LogP contribution >= 0.6 is 0 Å². The first-order valence-electron chi connectivity index (χ1n) is 7.24. The number of carboxylic acid groups (broad SMARTS) is 4. The van der Waals surface area contributed by atoms with Gasteiger partial charge in [-0.3, -0.25) is 19.2 Å². The first-order valence-corrected chi connectivity index (χ1v) is 7.24. The zero-order valence-corrected chi connectivity index (χ0v) is 13.1. The third kappa shape index (κ3) is 17.6. The summed E-state index contributed by atoms with van der Waals surface area (Å²) in [6.07, 6.45) is 1.84. The van der Waals surface area contributed by atoms with Crippen LogP contribution in [0.3, 0.4) is 0 Å². The van der Waals surface area contributed by atoms with Crippen molar-refractivity contribution in [2.24, 2.45) is 5.73 Å². The Morgan fingerprint density at radius 2 is 1.21 bits per heavy atom. The number of hydrogen-bond donors (Lipinski definition) is 4. The fraction of sp³-hybridized carbons (Fsp3) is 0.643. The van der Waals surface area contributed by atoms with Crippen molar-refractivity contribution in [3.8, 4) is 0 Å². The number of rotatable bonds is 12. The molecule has 5 N–H and O–H groups in total. The van der Waals surface area contributed by atoms with E-state index in [2.05, 4.69) is 0 Å². The molecular formula is C14H22NO9-. The third-order valence-electron chi connectivity index (χ3n) is 2.75. The zero-order chi connectivity index (χ0) is 19.1. The van der Waals surface area contributed by atoms with E-state index < -0.39 is 35.7 Å². The van der Waals surface area contributed by atoms with E-state index in [1.165, 1.54) is 0 Å². The molecule has 0 aliphatic carbocycles. The van der Waals surface area contributed by atoms with Gasteiger partial charge in [-0.25, -0.2) is 0 Å². The van der Waals surface area contributed by atoms with Gasteiger partial charge in [0, 0.05) is 19.3 Å². The summed E-state index contributed by atoms with van der Waals surface area (Å²) < 4.78 is 0. The second-order valence-corrected chi connectivity index (χ2v) is 4.90. The Labute approximate surface area is 138 Å². The first-order chi connectivity index (χ1) is 11.1. The van der Waals surface area contributed by atoms with Gasteiger partial charge < -0.3 is 31.0 Å². The van der Waals surface area contributed by atoms with Gasteiger partial charge in [-0.05, 0) is 25.7 Å². The van der Waals surface area contributed by atoms with Crippen LogP contribution in [0.25, 0.3) is 0 Å². The smallest absolute Gasteiger partial charge is 0.320 e.